The highest BCUT2D eigenvalue weighted by Crippen LogP contribution is 2.39. The summed E-state index contributed by atoms with van der Waals surface area (Å²) in [6.45, 7) is 0. The second-order valence-corrected chi connectivity index (χ2v) is 4.20. The number of halogens is 7. The Morgan fingerprint density at radius 3 is 2.25 bits per heavy atom. The average molecular weight is 369 g/mol. The van der Waals surface area contributed by atoms with Gasteiger partial charge in [-0.2, -0.15) is 13.2 Å². The molecular weight excluding hydrogens is 365 g/mol. The standard InChI is InChI=1S/C8H4Br2F5N/c9-2-3-1-4(10)5(7(11)12)6(16-3)8(13,14)15/h1,7H,2H2. The average Bonchev–Trinajstić information content (AvgIpc) is 2.14. The van der Waals surface area contributed by atoms with E-state index in [0.29, 0.717) is 0 Å². The Kier molecular flexibility index (Phi) is 4.28. The van der Waals surface area contributed by atoms with E-state index in [4.69, 9.17) is 0 Å². The smallest absolute Gasteiger partial charge is 0.247 e. The minimum absolute atomic E-state index is 0.0311. The van der Waals surface area contributed by atoms with E-state index >= 15 is 0 Å². The van der Waals surface area contributed by atoms with Gasteiger partial charge in [-0.05, 0) is 6.07 Å². The van der Waals surface area contributed by atoms with Crippen LogP contribution in [0.3, 0.4) is 0 Å². The van der Waals surface area contributed by atoms with Gasteiger partial charge in [-0.3, -0.25) is 0 Å². The first-order chi connectivity index (χ1) is 7.27. The van der Waals surface area contributed by atoms with Crippen LogP contribution in [-0.4, -0.2) is 4.98 Å². The van der Waals surface area contributed by atoms with Gasteiger partial charge in [-0.1, -0.05) is 31.9 Å². The number of aromatic nitrogens is 1. The predicted octanol–water partition coefficient (Wildman–Crippen LogP) is 4.70. The van der Waals surface area contributed by atoms with Crippen LogP contribution in [0.5, 0.6) is 0 Å². The number of pyridine rings is 1. The largest absolute Gasteiger partial charge is 0.433 e. The van der Waals surface area contributed by atoms with Crippen molar-refractivity contribution >= 4 is 31.9 Å². The second-order valence-electron chi connectivity index (χ2n) is 2.79. The molecule has 0 atom stereocenters. The van der Waals surface area contributed by atoms with Crippen LogP contribution in [0.25, 0.3) is 0 Å². The summed E-state index contributed by atoms with van der Waals surface area (Å²) in [6.07, 6.45) is -8.13. The Labute approximate surface area is 104 Å². The summed E-state index contributed by atoms with van der Waals surface area (Å²) < 4.78 is 62.1. The van der Waals surface area contributed by atoms with Gasteiger partial charge in [0.15, 0.2) is 5.69 Å². The number of nitrogens with zero attached hydrogens (tertiary/aromatic N) is 1. The van der Waals surface area contributed by atoms with Crippen molar-refractivity contribution in [3.63, 3.8) is 0 Å². The number of rotatable bonds is 2. The highest BCUT2D eigenvalue weighted by molar-refractivity contribution is 9.10. The normalized spacial score (nSPS) is 12.2. The van der Waals surface area contributed by atoms with E-state index in [1.165, 1.54) is 0 Å². The van der Waals surface area contributed by atoms with Crippen LogP contribution in [0.15, 0.2) is 10.5 Å². The number of alkyl halides is 6. The van der Waals surface area contributed by atoms with Crippen LogP contribution in [0, 0.1) is 0 Å². The van der Waals surface area contributed by atoms with E-state index in [9.17, 15) is 22.0 Å². The molecule has 0 spiro atoms. The highest BCUT2D eigenvalue weighted by atomic mass is 79.9. The van der Waals surface area contributed by atoms with Crippen LogP contribution >= 0.6 is 31.9 Å². The quantitative estimate of drug-likeness (QED) is 0.545. The van der Waals surface area contributed by atoms with E-state index in [2.05, 4.69) is 36.8 Å². The molecule has 0 N–H and O–H groups in total. The van der Waals surface area contributed by atoms with Gasteiger partial charge in [0.2, 0.25) is 0 Å². The molecule has 0 unspecified atom stereocenters. The van der Waals surface area contributed by atoms with Gasteiger partial charge in [0, 0.05) is 9.80 Å². The molecule has 0 radical (unpaired) electrons. The molecule has 0 aromatic carbocycles. The first-order valence-electron chi connectivity index (χ1n) is 3.88. The molecule has 1 aromatic rings. The lowest BCUT2D eigenvalue weighted by atomic mass is 10.1. The lowest BCUT2D eigenvalue weighted by molar-refractivity contribution is -0.143. The molecule has 1 rings (SSSR count). The predicted molar refractivity (Wildman–Crippen MR) is 54.5 cm³/mol. The van der Waals surface area contributed by atoms with Gasteiger partial charge in [-0.25, -0.2) is 13.8 Å². The van der Waals surface area contributed by atoms with E-state index in [1.807, 2.05) is 0 Å². The molecule has 0 aliphatic heterocycles. The molecule has 0 aliphatic rings. The summed E-state index contributed by atoms with van der Waals surface area (Å²) in [5, 5.41) is 0.0538. The van der Waals surface area contributed by atoms with Gasteiger partial charge in [0.05, 0.1) is 11.3 Å². The highest BCUT2D eigenvalue weighted by Gasteiger charge is 2.39. The molecule has 8 heteroatoms. The monoisotopic (exact) mass is 367 g/mol. The lowest BCUT2D eigenvalue weighted by Gasteiger charge is -2.14. The Hall–Kier alpha value is -0.240. The third kappa shape index (κ3) is 2.91. The van der Waals surface area contributed by atoms with Gasteiger partial charge >= 0.3 is 6.18 Å². The molecule has 0 amide bonds. The maximum absolute atomic E-state index is 12.5. The Balaban J connectivity index is 3.47. The van der Waals surface area contributed by atoms with Crippen molar-refractivity contribution in [1.29, 1.82) is 0 Å². The van der Waals surface area contributed by atoms with Crippen molar-refractivity contribution in [3.05, 3.63) is 27.5 Å². The summed E-state index contributed by atoms with van der Waals surface area (Å²) in [4.78, 5) is 3.16. The van der Waals surface area contributed by atoms with Crippen LogP contribution < -0.4 is 0 Å². The lowest BCUT2D eigenvalue weighted by Crippen LogP contribution is -2.14. The fourth-order valence-corrected chi connectivity index (χ4v) is 1.98. The fourth-order valence-electron chi connectivity index (χ4n) is 1.07. The second kappa shape index (κ2) is 4.95. The van der Waals surface area contributed by atoms with Crippen molar-refractivity contribution in [2.24, 2.45) is 0 Å². The third-order valence-corrected chi connectivity index (χ3v) is 2.92. The molecule has 16 heavy (non-hydrogen) atoms. The summed E-state index contributed by atoms with van der Waals surface area (Å²) >= 11 is 5.61. The molecule has 0 saturated heterocycles. The summed E-state index contributed by atoms with van der Waals surface area (Å²) in [5.41, 5.74) is -2.65. The molecule has 0 saturated carbocycles. The topological polar surface area (TPSA) is 12.9 Å². The zero-order valence-corrected chi connectivity index (χ0v) is 10.6. The Bertz CT molecular complexity index is 391. The maximum atomic E-state index is 12.5. The molecule has 1 aromatic heterocycles. The molecule has 90 valence electrons. The van der Waals surface area contributed by atoms with Crippen LogP contribution in [0.2, 0.25) is 0 Å². The fraction of sp³-hybridized carbons (Fsp3) is 0.375. The van der Waals surface area contributed by atoms with Crippen molar-refractivity contribution in [2.75, 3.05) is 0 Å². The third-order valence-electron chi connectivity index (χ3n) is 1.68. The van der Waals surface area contributed by atoms with E-state index in [1.54, 1.807) is 0 Å². The van der Waals surface area contributed by atoms with Gasteiger partial charge in [-0.15, -0.1) is 0 Å². The summed E-state index contributed by atoms with van der Waals surface area (Å²) in [5.74, 6) is 0. The van der Waals surface area contributed by atoms with E-state index < -0.39 is 23.9 Å². The Morgan fingerprint density at radius 1 is 1.31 bits per heavy atom. The molecule has 1 heterocycles. The minimum atomic E-state index is -4.90. The number of hydrogen-bond donors (Lipinski definition) is 0. The van der Waals surface area contributed by atoms with Crippen molar-refractivity contribution in [1.82, 2.24) is 4.98 Å². The van der Waals surface area contributed by atoms with Crippen LogP contribution in [-0.2, 0) is 11.5 Å². The molecule has 1 nitrogen and oxygen atoms in total. The van der Waals surface area contributed by atoms with E-state index in [-0.39, 0.29) is 15.5 Å². The molecule has 0 aliphatic carbocycles. The molecule has 0 fully saturated rings. The minimum Gasteiger partial charge on any atom is -0.247 e. The van der Waals surface area contributed by atoms with E-state index in [0.717, 1.165) is 6.07 Å². The van der Waals surface area contributed by atoms with Gasteiger partial charge < -0.3 is 0 Å². The number of hydrogen-bond acceptors (Lipinski definition) is 1. The SMILES string of the molecule is FC(F)c1c(Br)cc(CBr)nc1C(F)(F)F. The maximum Gasteiger partial charge on any atom is 0.433 e. The van der Waals surface area contributed by atoms with Gasteiger partial charge in [0.25, 0.3) is 6.43 Å². The Morgan fingerprint density at radius 2 is 1.88 bits per heavy atom. The zero-order valence-electron chi connectivity index (χ0n) is 7.45. The van der Waals surface area contributed by atoms with Crippen molar-refractivity contribution < 1.29 is 22.0 Å². The first kappa shape index (κ1) is 13.8. The zero-order chi connectivity index (χ0) is 12.5. The summed E-state index contributed by atoms with van der Waals surface area (Å²) in [6, 6.07) is 1.13. The van der Waals surface area contributed by atoms with Crippen molar-refractivity contribution in [3.8, 4) is 0 Å². The van der Waals surface area contributed by atoms with Gasteiger partial charge in [0.1, 0.15) is 0 Å². The van der Waals surface area contributed by atoms with Crippen molar-refractivity contribution in [2.45, 2.75) is 17.9 Å². The summed E-state index contributed by atoms with van der Waals surface area (Å²) in [7, 11) is 0. The van der Waals surface area contributed by atoms with Crippen LogP contribution in [0.1, 0.15) is 23.4 Å². The molecule has 0 bridgehead atoms. The first-order valence-corrected chi connectivity index (χ1v) is 5.79. The molecular formula is C8H4Br2F5N. The van der Waals surface area contributed by atoms with Crippen LogP contribution in [0.4, 0.5) is 22.0 Å².